The number of hydrogen-bond donors (Lipinski definition) is 1. The molecule has 0 aliphatic heterocycles. The summed E-state index contributed by atoms with van der Waals surface area (Å²) in [5.74, 6) is -0.726. The highest BCUT2D eigenvalue weighted by Crippen LogP contribution is 2.18. The molecule has 0 bridgehead atoms. The van der Waals surface area contributed by atoms with Crippen molar-refractivity contribution in [2.45, 2.75) is 33.0 Å². The fourth-order valence-corrected chi connectivity index (χ4v) is 2.70. The minimum Gasteiger partial charge on any atom is -0.348 e. The lowest BCUT2D eigenvalue weighted by Gasteiger charge is -2.22. The van der Waals surface area contributed by atoms with Gasteiger partial charge in [0.15, 0.2) is 0 Å². The summed E-state index contributed by atoms with van der Waals surface area (Å²) in [5.41, 5.74) is 2.53. The van der Waals surface area contributed by atoms with E-state index in [1.807, 2.05) is 18.2 Å². The molecule has 0 unspecified atom stereocenters. The zero-order valence-electron chi connectivity index (χ0n) is 14.1. The van der Waals surface area contributed by atoms with Crippen molar-refractivity contribution in [3.05, 3.63) is 69.4 Å². The first kappa shape index (κ1) is 18.6. The Balaban J connectivity index is 2.09. The first-order valence-electron chi connectivity index (χ1n) is 7.88. The number of carbonyl (C=O) groups is 1. The SMILES string of the molecule is CC(C)N(C)Cc1ccccc1CNC(=O)c1cc(F)ccc1Br. The molecular formula is C19H22BrFN2O. The third-order valence-corrected chi connectivity index (χ3v) is 4.72. The van der Waals surface area contributed by atoms with E-state index in [4.69, 9.17) is 0 Å². The van der Waals surface area contributed by atoms with Gasteiger partial charge in [-0.25, -0.2) is 4.39 Å². The third-order valence-electron chi connectivity index (χ3n) is 4.03. The maximum Gasteiger partial charge on any atom is 0.252 e. The van der Waals surface area contributed by atoms with Crippen molar-refractivity contribution in [3.63, 3.8) is 0 Å². The molecule has 24 heavy (non-hydrogen) atoms. The molecule has 0 aliphatic rings. The van der Waals surface area contributed by atoms with Gasteiger partial charge in [-0.1, -0.05) is 24.3 Å². The molecule has 0 aromatic heterocycles. The average molecular weight is 393 g/mol. The zero-order chi connectivity index (χ0) is 17.7. The molecule has 1 amide bonds. The minimum atomic E-state index is -0.428. The van der Waals surface area contributed by atoms with Crippen LogP contribution in [0.5, 0.6) is 0 Å². The summed E-state index contributed by atoms with van der Waals surface area (Å²) >= 11 is 3.29. The number of benzene rings is 2. The predicted molar refractivity (Wildman–Crippen MR) is 98.3 cm³/mol. The van der Waals surface area contributed by atoms with Gasteiger partial charge in [0.1, 0.15) is 5.82 Å². The molecule has 128 valence electrons. The molecule has 0 atom stereocenters. The van der Waals surface area contributed by atoms with E-state index in [9.17, 15) is 9.18 Å². The van der Waals surface area contributed by atoms with Gasteiger partial charge in [-0.2, -0.15) is 0 Å². The molecule has 2 aromatic carbocycles. The Morgan fingerprint density at radius 3 is 2.54 bits per heavy atom. The second-order valence-corrected chi connectivity index (χ2v) is 6.94. The van der Waals surface area contributed by atoms with Crippen LogP contribution in [0, 0.1) is 5.82 Å². The molecule has 3 nitrogen and oxygen atoms in total. The highest BCUT2D eigenvalue weighted by Gasteiger charge is 2.13. The van der Waals surface area contributed by atoms with Crippen molar-refractivity contribution in [3.8, 4) is 0 Å². The van der Waals surface area contributed by atoms with Crippen molar-refractivity contribution >= 4 is 21.8 Å². The Morgan fingerprint density at radius 2 is 1.88 bits per heavy atom. The van der Waals surface area contributed by atoms with Crippen LogP contribution in [0.1, 0.15) is 35.3 Å². The van der Waals surface area contributed by atoms with Crippen molar-refractivity contribution < 1.29 is 9.18 Å². The quantitative estimate of drug-likeness (QED) is 0.791. The summed E-state index contributed by atoms with van der Waals surface area (Å²) in [6.45, 7) is 5.51. The molecule has 0 spiro atoms. The van der Waals surface area contributed by atoms with E-state index in [1.54, 1.807) is 0 Å². The van der Waals surface area contributed by atoms with E-state index in [1.165, 1.54) is 23.8 Å². The minimum absolute atomic E-state index is 0.298. The number of halogens is 2. The number of amides is 1. The Morgan fingerprint density at radius 1 is 1.21 bits per heavy atom. The van der Waals surface area contributed by atoms with Gasteiger partial charge in [0.2, 0.25) is 0 Å². The summed E-state index contributed by atoms with van der Waals surface area (Å²) in [5, 5.41) is 2.87. The van der Waals surface area contributed by atoms with Gasteiger partial charge >= 0.3 is 0 Å². The lowest BCUT2D eigenvalue weighted by Crippen LogP contribution is -2.28. The van der Waals surface area contributed by atoms with E-state index in [0.717, 1.165) is 12.1 Å². The van der Waals surface area contributed by atoms with E-state index >= 15 is 0 Å². The fraction of sp³-hybridized carbons (Fsp3) is 0.316. The Bertz CT molecular complexity index is 718. The number of rotatable bonds is 6. The topological polar surface area (TPSA) is 32.3 Å². The third kappa shape index (κ3) is 4.89. The summed E-state index contributed by atoms with van der Waals surface area (Å²) < 4.78 is 13.9. The molecule has 0 heterocycles. The molecule has 5 heteroatoms. The molecule has 0 fully saturated rings. The molecule has 1 N–H and O–H groups in total. The Kier molecular flexibility index (Phi) is 6.52. The fourth-order valence-electron chi connectivity index (χ4n) is 2.28. The average Bonchev–Trinajstić information content (AvgIpc) is 2.55. The van der Waals surface area contributed by atoms with Crippen LogP contribution in [0.2, 0.25) is 0 Å². The van der Waals surface area contributed by atoms with Gasteiger partial charge in [0.05, 0.1) is 5.56 Å². The van der Waals surface area contributed by atoms with E-state index in [-0.39, 0.29) is 5.91 Å². The van der Waals surface area contributed by atoms with Crippen LogP contribution in [0.3, 0.4) is 0 Å². The van der Waals surface area contributed by atoms with Crippen LogP contribution < -0.4 is 5.32 Å². The highest BCUT2D eigenvalue weighted by atomic mass is 79.9. The Labute approximate surface area is 151 Å². The maximum absolute atomic E-state index is 13.3. The van der Waals surface area contributed by atoms with Crippen LogP contribution in [-0.2, 0) is 13.1 Å². The maximum atomic E-state index is 13.3. The van der Waals surface area contributed by atoms with E-state index in [0.29, 0.717) is 22.6 Å². The second-order valence-electron chi connectivity index (χ2n) is 6.08. The smallest absolute Gasteiger partial charge is 0.252 e. The standard InChI is InChI=1S/C19H22BrFN2O/c1-13(2)23(3)12-15-7-5-4-6-14(15)11-22-19(24)17-10-16(21)8-9-18(17)20/h4-10,13H,11-12H2,1-3H3,(H,22,24). The molecule has 2 aromatic rings. The Hall–Kier alpha value is -1.72. The normalized spacial score (nSPS) is 11.1. The number of carbonyl (C=O) groups excluding carboxylic acids is 1. The highest BCUT2D eigenvalue weighted by molar-refractivity contribution is 9.10. The first-order valence-corrected chi connectivity index (χ1v) is 8.68. The van der Waals surface area contributed by atoms with Crippen molar-refractivity contribution in [2.24, 2.45) is 0 Å². The lowest BCUT2D eigenvalue weighted by atomic mass is 10.1. The molecular weight excluding hydrogens is 371 g/mol. The van der Waals surface area contributed by atoms with Gasteiger partial charge in [-0.3, -0.25) is 9.69 Å². The lowest BCUT2D eigenvalue weighted by molar-refractivity contribution is 0.0949. The number of nitrogens with one attached hydrogen (secondary N) is 1. The van der Waals surface area contributed by atoms with Crippen LogP contribution >= 0.6 is 15.9 Å². The van der Waals surface area contributed by atoms with Crippen molar-refractivity contribution in [2.75, 3.05) is 7.05 Å². The van der Waals surface area contributed by atoms with Gasteiger partial charge in [-0.05, 0) is 66.2 Å². The van der Waals surface area contributed by atoms with Crippen LogP contribution in [0.25, 0.3) is 0 Å². The summed E-state index contributed by atoms with van der Waals surface area (Å²) in [7, 11) is 2.07. The zero-order valence-corrected chi connectivity index (χ0v) is 15.7. The summed E-state index contributed by atoms with van der Waals surface area (Å²) in [6.07, 6.45) is 0. The van der Waals surface area contributed by atoms with Crippen LogP contribution in [0.4, 0.5) is 4.39 Å². The molecule has 0 saturated heterocycles. The molecule has 0 radical (unpaired) electrons. The van der Waals surface area contributed by atoms with Crippen molar-refractivity contribution in [1.29, 1.82) is 0 Å². The van der Waals surface area contributed by atoms with Crippen LogP contribution in [-0.4, -0.2) is 23.9 Å². The monoisotopic (exact) mass is 392 g/mol. The first-order chi connectivity index (χ1) is 11.4. The molecule has 0 aliphatic carbocycles. The predicted octanol–water partition coefficient (Wildman–Crippen LogP) is 4.36. The summed E-state index contributed by atoms with van der Waals surface area (Å²) in [4.78, 5) is 14.6. The number of nitrogens with zero attached hydrogens (tertiary/aromatic N) is 1. The largest absolute Gasteiger partial charge is 0.348 e. The van der Waals surface area contributed by atoms with E-state index < -0.39 is 5.82 Å². The molecule has 2 rings (SSSR count). The number of hydrogen-bond acceptors (Lipinski definition) is 2. The van der Waals surface area contributed by atoms with Crippen LogP contribution in [0.15, 0.2) is 46.9 Å². The summed E-state index contributed by atoms with van der Waals surface area (Å²) in [6, 6.07) is 12.6. The van der Waals surface area contributed by atoms with Gasteiger partial charge in [0.25, 0.3) is 5.91 Å². The van der Waals surface area contributed by atoms with Gasteiger partial charge in [-0.15, -0.1) is 0 Å². The van der Waals surface area contributed by atoms with Gasteiger partial charge < -0.3 is 5.32 Å². The van der Waals surface area contributed by atoms with Crippen molar-refractivity contribution in [1.82, 2.24) is 10.2 Å². The van der Waals surface area contributed by atoms with Gasteiger partial charge in [0, 0.05) is 23.6 Å². The second kappa shape index (κ2) is 8.40. The molecule has 0 saturated carbocycles. The van der Waals surface area contributed by atoms with E-state index in [2.05, 4.69) is 53.1 Å².